The van der Waals surface area contributed by atoms with E-state index in [-0.39, 0.29) is 21.7 Å². The summed E-state index contributed by atoms with van der Waals surface area (Å²) in [4.78, 5) is 12.3. The van der Waals surface area contributed by atoms with Crippen molar-refractivity contribution in [2.24, 2.45) is 4.40 Å². The Labute approximate surface area is 150 Å². The molecule has 0 saturated carbocycles. The molecule has 1 aliphatic heterocycles. The summed E-state index contributed by atoms with van der Waals surface area (Å²) in [5, 5.41) is 5.94. The van der Waals surface area contributed by atoms with E-state index in [9.17, 15) is 13.2 Å². The molecule has 2 aromatic rings. The molecule has 130 valence electrons. The lowest BCUT2D eigenvalue weighted by atomic mass is 10.1. The third-order valence-electron chi connectivity index (χ3n) is 3.46. The number of benzene rings is 2. The number of amides is 1. The molecule has 0 atom stereocenters. The second kappa shape index (κ2) is 6.89. The maximum Gasteiger partial charge on any atom is 0.286 e. The van der Waals surface area contributed by atoms with Gasteiger partial charge in [0.15, 0.2) is 5.17 Å². The van der Waals surface area contributed by atoms with Gasteiger partial charge in [0.1, 0.15) is 4.90 Å². The molecule has 6 nitrogen and oxygen atoms in total. The van der Waals surface area contributed by atoms with Gasteiger partial charge in [-0.1, -0.05) is 30.0 Å². The summed E-state index contributed by atoms with van der Waals surface area (Å²) >= 11 is 1.05. The number of carbonyl (C=O) groups is 1. The Kier molecular flexibility index (Phi) is 4.82. The van der Waals surface area contributed by atoms with Crippen LogP contribution < -0.4 is 10.6 Å². The maximum absolute atomic E-state index is 12.2. The number of hydrogen-bond donors (Lipinski definition) is 2. The van der Waals surface area contributed by atoms with Gasteiger partial charge in [-0.2, -0.15) is 8.42 Å². The van der Waals surface area contributed by atoms with Crippen molar-refractivity contribution in [2.75, 3.05) is 16.4 Å². The van der Waals surface area contributed by atoms with E-state index in [0.717, 1.165) is 28.6 Å². The van der Waals surface area contributed by atoms with Gasteiger partial charge >= 0.3 is 0 Å². The van der Waals surface area contributed by atoms with Gasteiger partial charge in [0.05, 0.1) is 11.4 Å². The quantitative estimate of drug-likeness (QED) is 0.860. The van der Waals surface area contributed by atoms with E-state index in [1.807, 2.05) is 32.0 Å². The van der Waals surface area contributed by atoms with E-state index in [4.69, 9.17) is 0 Å². The molecule has 0 spiro atoms. The Morgan fingerprint density at radius 2 is 1.84 bits per heavy atom. The summed E-state index contributed by atoms with van der Waals surface area (Å²) in [6.45, 7) is 3.92. The lowest BCUT2D eigenvalue weighted by Crippen LogP contribution is -2.22. The molecule has 2 N–H and O–H groups in total. The monoisotopic (exact) mass is 375 g/mol. The van der Waals surface area contributed by atoms with Crippen LogP contribution in [0.1, 0.15) is 11.1 Å². The van der Waals surface area contributed by atoms with Crippen molar-refractivity contribution in [3.8, 4) is 0 Å². The first-order valence-electron chi connectivity index (χ1n) is 7.55. The molecule has 0 aliphatic carbocycles. The second-order valence-corrected chi connectivity index (χ2v) is 8.24. The number of rotatable bonds is 3. The van der Waals surface area contributed by atoms with Crippen LogP contribution in [0.2, 0.25) is 0 Å². The molecule has 2 aromatic carbocycles. The Morgan fingerprint density at radius 1 is 1.16 bits per heavy atom. The number of hydrogen-bond acceptors (Lipinski definition) is 5. The number of sulfonamides is 1. The van der Waals surface area contributed by atoms with Crippen LogP contribution >= 0.6 is 11.8 Å². The van der Waals surface area contributed by atoms with Crippen molar-refractivity contribution in [3.05, 3.63) is 53.6 Å². The van der Waals surface area contributed by atoms with Gasteiger partial charge in [0, 0.05) is 5.69 Å². The Balaban J connectivity index is 1.66. The number of anilines is 2. The fourth-order valence-corrected chi connectivity index (χ4v) is 4.57. The number of para-hydroxylation sites is 1. The van der Waals surface area contributed by atoms with E-state index in [1.54, 1.807) is 18.2 Å². The van der Waals surface area contributed by atoms with E-state index in [1.165, 1.54) is 6.07 Å². The van der Waals surface area contributed by atoms with Crippen LogP contribution in [0.15, 0.2) is 51.8 Å². The van der Waals surface area contributed by atoms with Crippen LogP contribution in [0, 0.1) is 13.8 Å². The lowest BCUT2D eigenvalue weighted by Gasteiger charge is -2.17. The predicted octanol–water partition coefficient (Wildman–Crippen LogP) is 3.15. The van der Waals surface area contributed by atoms with Gasteiger partial charge in [-0.15, -0.1) is 4.40 Å². The van der Waals surface area contributed by atoms with Crippen molar-refractivity contribution >= 4 is 44.2 Å². The number of amidine groups is 1. The van der Waals surface area contributed by atoms with Crippen LogP contribution in [-0.4, -0.2) is 25.2 Å². The average Bonchev–Trinajstić information content (AvgIpc) is 2.51. The van der Waals surface area contributed by atoms with E-state index >= 15 is 0 Å². The molecule has 3 rings (SSSR count). The van der Waals surface area contributed by atoms with Crippen LogP contribution in [0.25, 0.3) is 0 Å². The molecule has 8 heteroatoms. The molecule has 1 heterocycles. The zero-order chi connectivity index (χ0) is 18.0. The molecular weight excluding hydrogens is 358 g/mol. The standard InChI is InChI=1S/C17H17N3O3S2/c1-11-7-12(2)9-13(8-11)18-16(21)10-24-17-19-14-5-3-4-6-15(14)25(22,23)20-17/h3-9H,10H2,1-2H3,(H,18,21)(H,19,20). The first-order valence-corrected chi connectivity index (χ1v) is 9.98. The Morgan fingerprint density at radius 3 is 2.56 bits per heavy atom. The Bertz CT molecular complexity index is 949. The Hall–Kier alpha value is -2.32. The minimum Gasteiger partial charge on any atom is -0.333 e. The largest absolute Gasteiger partial charge is 0.333 e. The molecule has 25 heavy (non-hydrogen) atoms. The van der Waals surface area contributed by atoms with Gasteiger partial charge in [-0.3, -0.25) is 4.79 Å². The molecular formula is C17H17N3O3S2. The number of carbonyl (C=O) groups excluding carboxylic acids is 1. The SMILES string of the molecule is Cc1cc(C)cc(NC(=O)CSC2=NS(=O)(=O)c3ccccc3N2)c1. The number of nitrogens with zero attached hydrogens (tertiary/aromatic N) is 1. The average molecular weight is 375 g/mol. The van der Waals surface area contributed by atoms with Gasteiger partial charge in [-0.25, -0.2) is 0 Å². The summed E-state index contributed by atoms with van der Waals surface area (Å²) in [6.07, 6.45) is 0. The molecule has 0 aromatic heterocycles. The molecule has 0 bridgehead atoms. The molecule has 0 fully saturated rings. The number of aryl methyl sites for hydroxylation is 2. The summed E-state index contributed by atoms with van der Waals surface area (Å²) in [7, 11) is -3.74. The molecule has 0 unspecified atom stereocenters. The van der Waals surface area contributed by atoms with Crippen molar-refractivity contribution in [1.82, 2.24) is 0 Å². The first-order chi connectivity index (χ1) is 11.8. The highest BCUT2D eigenvalue weighted by molar-refractivity contribution is 8.15. The molecule has 0 saturated heterocycles. The molecule has 1 aliphatic rings. The topological polar surface area (TPSA) is 87.6 Å². The summed E-state index contributed by atoms with van der Waals surface area (Å²) in [6, 6.07) is 12.3. The fourth-order valence-electron chi connectivity index (χ4n) is 2.53. The van der Waals surface area contributed by atoms with Gasteiger partial charge in [0.25, 0.3) is 10.0 Å². The lowest BCUT2D eigenvalue weighted by molar-refractivity contribution is -0.113. The van der Waals surface area contributed by atoms with Crippen LogP contribution in [-0.2, 0) is 14.8 Å². The minimum absolute atomic E-state index is 0.0521. The zero-order valence-electron chi connectivity index (χ0n) is 13.7. The number of nitrogens with one attached hydrogen (secondary N) is 2. The van der Waals surface area contributed by atoms with Crippen molar-refractivity contribution in [3.63, 3.8) is 0 Å². The van der Waals surface area contributed by atoms with Gasteiger partial charge in [0.2, 0.25) is 5.91 Å². The number of fused-ring (bicyclic) bond motifs is 1. The summed E-state index contributed by atoms with van der Waals surface area (Å²) in [5.74, 6) is -0.174. The zero-order valence-corrected chi connectivity index (χ0v) is 15.4. The smallest absolute Gasteiger partial charge is 0.286 e. The third kappa shape index (κ3) is 4.21. The predicted molar refractivity (Wildman–Crippen MR) is 102 cm³/mol. The number of thioether (sulfide) groups is 1. The highest BCUT2D eigenvalue weighted by Gasteiger charge is 2.24. The molecule has 0 radical (unpaired) electrons. The highest BCUT2D eigenvalue weighted by Crippen LogP contribution is 2.29. The summed E-state index contributed by atoms with van der Waals surface area (Å²) in [5.41, 5.74) is 3.31. The van der Waals surface area contributed by atoms with Crippen molar-refractivity contribution in [1.29, 1.82) is 0 Å². The van der Waals surface area contributed by atoms with Gasteiger partial charge in [-0.05, 0) is 49.2 Å². The molecule has 1 amide bonds. The fraction of sp³-hybridized carbons (Fsp3) is 0.176. The van der Waals surface area contributed by atoms with E-state index in [2.05, 4.69) is 15.0 Å². The first kappa shape index (κ1) is 17.5. The minimum atomic E-state index is -3.74. The third-order valence-corrected chi connectivity index (χ3v) is 5.78. The highest BCUT2D eigenvalue weighted by atomic mass is 32.2. The van der Waals surface area contributed by atoms with Crippen molar-refractivity contribution in [2.45, 2.75) is 18.7 Å². The van der Waals surface area contributed by atoms with E-state index < -0.39 is 10.0 Å². The normalized spacial score (nSPS) is 14.9. The van der Waals surface area contributed by atoms with Crippen LogP contribution in [0.5, 0.6) is 0 Å². The van der Waals surface area contributed by atoms with E-state index in [0.29, 0.717) is 5.69 Å². The van der Waals surface area contributed by atoms with Crippen LogP contribution in [0.4, 0.5) is 11.4 Å². The van der Waals surface area contributed by atoms with Crippen molar-refractivity contribution < 1.29 is 13.2 Å². The maximum atomic E-state index is 12.2. The summed E-state index contributed by atoms with van der Waals surface area (Å²) < 4.78 is 28.0. The second-order valence-electron chi connectivity index (χ2n) is 5.71. The van der Waals surface area contributed by atoms with Gasteiger partial charge < -0.3 is 10.6 Å². The van der Waals surface area contributed by atoms with Crippen LogP contribution in [0.3, 0.4) is 0 Å².